The van der Waals surface area contributed by atoms with Crippen molar-refractivity contribution >= 4 is 17.2 Å². The highest BCUT2D eigenvalue weighted by atomic mass is 15.2. The fourth-order valence-electron chi connectivity index (χ4n) is 5.87. The summed E-state index contributed by atoms with van der Waals surface area (Å²) in [4.78, 5) is 12.2. The van der Waals surface area contributed by atoms with Crippen LogP contribution in [-0.4, -0.2) is 80.5 Å². The molecule has 2 aliphatic rings. The smallest absolute Gasteiger partial charge is 0.128 e. The van der Waals surface area contributed by atoms with Crippen molar-refractivity contribution in [1.29, 1.82) is 10.7 Å². The average molecular weight is 531 g/mol. The molecule has 8 nitrogen and oxygen atoms in total. The van der Waals surface area contributed by atoms with Crippen LogP contribution < -0.4 is 20.9 Å². The van der Waals surface area contributed by atoms with E-state index in [1.807, 2.05) is 19.2 Å². The van der Waals surface area contributed by atoms with Gasteiger partial charge in [-0.2, -0.15) is 5.26 Å². The Labute approximate surface area is 234 Å². The zero-order valence-corrected chi connectivity index (χ0v) is 24.0. The summed E-state index contributed by atoms with van der Waals surface area (Å²) in [6.45, 7) is 14.9. The van der Waals surface area contributed by atoms with Crippen LogP contribution >= 0.6 is 0 Å². The Balaban J connectivity index is 1.44. The molecule has 0 saturated carbocycles. The maximum absolute atomic E-state index is 9.62. The van der Waals surface area contributed by atoms with Crippen LogP contribution in [0.25, 0.3) is 0 Å². The molecule has 2 unspecified atom stereocenters. The van der Waals surface area contributed by atoms with Crippen molar-refractivity contribution < 1.29 is 0 Å². The number of pyridine rings is 1. The van der Waals surface area contributed by atoms with Crippen LogP contribution in [0.15, 0.2) is 30.5 Å². The molecule has 2 saturated heterocycles. The van der Waals surface area contributed by atoms with Crippen molar-refractivity contribution in [1.82, 2.24) is 15.2 Å². The van der Waals surface area contributed by atoms with Gasteiger partial charge < -0.3 is 31.2 Å². The van der Waals surface area contributed by atoms with Crippen LogP contribution in [0.5, 0.6) is 0 Å². The maximum Gasteiger partial charge on any atom is 0.128 e. The van der Waals surface area contributed by atoms with Crippen LogP contribution in [0.1, 0.15) is 48.9 Å². The molecule has 0 amide bonds. The number of hydrogen-bond acceptors (Lipinski definition) is 8. The molecule has 1 aromatic heterocycles. The zero-order valence-electron chi connectivity index (χ0n) is 24.0. The van der Waals surface area contributed by atoms with Gasteiger partial charge >= 0.3 is 0 Å². The molecule has 4 rings (SSSR count). The van der Waals surface area contributed by atoms with Gasteiger partial charge in [0.15, 0.2) is 0 Å². The van der Waals surface area contributed by atoms with Crippen molar-refractivity contribution in [2.24, 2.45) is 11.7 Å². The maximum atomic E-state index is 9.62. The summed E-state index contributed by atoms with van der Waals surface area (Å²) in [6, 6.07) is 11.2. The van der Waals surface area contributed by atoms with Gasteiger partial charge in [0.1, 0.15) is 5.82 Å². The van der Waals surface area contributed by atoms with E-state index in [4.69, 9.17) is 16.1 Å². The van der Waals surface area contributed by atoms with Crippen LogP contribution in [0.3, 0.4) is 0 Å². The Morgan fingerprint density at radius 1 is 1.10 bits per heavy atom. The van der Waals surface area contributed by atoms with E-state index in [1.54, 1.807) is 0 Å². The fraction of sp³-hybridized carbons (Fsp3) is 0.581. The third kappa shape index (κ3) is 8.01. The molecule has 0 aliphatic carbocycles. The largest absolute Gasteiger partial charge is 0.370 e. The third-order valence-electron chi connectivity index (χ3n) is 8.12. The fourth-order valence-corrected chi connectivity index (χ4v) is 5.87. The first-order chi connectivity index (χ1) is 18.8. The van der Waals surface area contributed by atoms with Crippen LogP contribution in [0.2, 0.25) is 0 Å². The molecule has 0 bridgehead atoms. The first-order valence-corrected chi connectivity index (χ1v) is 14.5. The van der Waals surface area contributed by atoms with E-state index >= 15 is 0 Å². The van der Waals surface area contributed by atoms with Gasteiger partial charge in [0.2, 0.25) is 0 Å². The minimum absolute atomic E-state index is 0.330. The molecule has 3 heterocycles. The molecule has 8 heteroatoms. The van der Waals surface area contributed by atoms with Gasteiger partial charge in [-0.05, 0) is 86.9 Å². The molecule has 39 heavy (non-hydrogen) atoms. The number of benzene rings is 1. The number of likely N-dealkylation sites (tertiary alicyclic amines) is 1. The van der Waals surface area contributed by atoms with Gasteiger partial charge in [0.05, 0.1) is 11.6 Å². The molecular formula is C31H46N8. The Bertz CT molecular complexity index is 1140. The van der Waals surface area contributed by atoms with E-state index < -0.39 is 0 Å². The van der Waals surface area contributed by atoms with E-state index in [0.717, 1.165) is 95.1 Å². The van der Waals surface area contributed by atoms with Crippen LogP contribution in [0, 0.1) is 29.6 Å². The molecule has 210 valence electrons. The molecular weight excluding hydrogens is 484 g/mol. The lowest BCUT2D eigenvalue weighted by atomic mass is 9.95. The Morgan fingerprint density at radius 3 is 2.54 bits per heavy atom. The zero-order chi connectivity index (χ0) is 27.8. The lowest BCUT2D eigenvalue weighted by molar-refractivity contribution is 0.339. The SMILES string of the molecule is CC(=N)CCc1c(N2CCNCCN(c3ccc(CCN4CCC(N)C4)cn3)CC(C)C2)ccc(C#N)c1C. The molecule has 2 aliphatic heterocycles. The lowest BCUT2D eigenvalue weighted by Crippen LogP contribution is -2.44. The van der Waals surface area contributed by atoms with Crippen LogP contribution in [0.4, 0.5) is 11.5 Å². The second kappa shape index (κ2) is 13.9. The van der Waals surface area contributed by atoms with Gasteiger partial charge in [-0.3, -0.25) is 0 Å². The minimum atomic E-state index is 0.330. The first kappa shape index (κ1) is 29.0. The highest BCUT2D eigenvalue weighted by Gasteiger charge is 2.22. The number of hydrogen-bond donors (Lipinski definition) is 3. The average Bonchev–Trinajstić information content (AvgIpc) is 3.34. The highest BCUT2D eigenvalue weighted by molar-refractivity contribution is 5.79. The Hall–Kier alpha value is -2.99. The standard InChI is InChI=1S/C31H46N8/c1-23-20-38(30-8-6-27(18-32)25(3)29(30)7-4-24(2)33)16-12-35-13-17-39(21-23)31-9-5-26(19-36-31)10-14-37-15-11-28(34)22-37/h5-6,8-9,19,23,28,33,35H,4,7,10-17,20-22,34H2,1-3H3. The molecule has 1 aromatic carbocycles. The van der Waals surface area contributed by atoms with Gasteiger partial charge in [0, 0.05) is 76.0 Å². The first-order valence-electron chi connectivity index (χ1n) is 14.5. The molecule has 2 aromatic rings. The van der Waals surface area contributed by atoms with E-state index in [9.17, 15) is 5.26 Å². The van der Waals surface area contributed by atoms with Crippen molar-refractivity contribution in [3.63, 3.8) is 0 Å². The number of rotatable bonds is 8. The lowest BCUT2D eigenvalue weighted by Gasteiger charge is -2.35. The molecule has 0 spiro atoms. The molecule has 2 fully saturated rings. The number of aromatic nitrogens is 1. The number of nitrogens with two attached hydrogens (primary N) is 1. The number of nitriles is 1. The summed E-state index contributed by atoms with van der Waals surface area (Å²) in [5, 5.41) is 21.2. The summed E-state index contributed by atoms with van der Waals surface area (Å²) < 4.78 is 0. The minimum Gasteiger partial charge on any atom is -0.370 e. The van der Waals surface area contributed by atoms with Crippen molar-refractivity contribution in [3.8, 4) is 6.07 Å². The predicted octanol–water partition coefficient (Wildman–Crippen LogP) is 3.36. The second-order valence-corrected chi connectivity index (χ2v) is 11.5. The summed E-state index contributed by atoms with van der Waals surface area (Å²) in [6.07, 6.45) is 5.66. The molecule has 0 radical (unpaired) electrons. The number of nitrogens with one attached hydrogen (secondary N) is 2. The van der Waals surface area contributed by atoms with Gasteiger partial charge in [-0.15, -0.1) is 0 Å². The van der Waals surface area contributed by atoms with Crippen molar-refractivity contribution in [2.45, 2.75) is 52.5 Å². The summed E-state index contributed by atoms with van der Waals surface area (Å²) >= 11 is 0. The van der Waals surface area contributed by atoms with Crippen molar-refractivity contribution in [2.75, 3.05) is 68.7 Å². The summed E-state index contributed by atoms with van der Waals surface area (Å²) in [7, 11) is 0. The molecule has 2 atom stereocenters. The van der Waals surface area contributed by atoms with Crippen LogP contribution in [-0.2, 0) is 12.8 Å². The number of nitrogens with zero attached hydrogens (tertiary/aromatic N) is 5. The second-order valence-electron chi connectivity index (χ2n) is 11.5. The molecule has 4 N–H and O–H groups in total. The predicted molar refractivity (Wildman–Crippen MR) is 161 cm³/mol. The Morgan fingerprint density at radius 2 is 1.87 bits per heavy atom. The normalized spacial score (nSPS) is 21.1. The monoisotopic (exact) mass is 530 g/mol. The summed E-state index contributed by atoms with van der Waals surface area (Å²) in [5.41, 5.74) is 12.2. The van der Waals surface area contributed by atoms with Gasteiger partial charge in [-0.25, -0.2) is 4.98 Å². The Kier molecular flexibility index (Phi) is 10.3. The van der Waals surface area contributed by atoms with Crippen molar-refractivity contribution in [3.05, 3.63) is 52.7 Å². The van der Waals surface area contributed by atoms with E-state index in [-0.39, 0.29) is 0 Å². The number of anilines is 2. The highest BCUT2D eigenvalue weighted by Crippen LogP contribution is 2.29. The van der Waals surface area contributed by atoms with E-state index in [0.29, 0.717) is 24.1 Å². The topological polar surface area (TPSA) is 108 Å². The van der Waals surface area contributed by atoms with Gasteiger partial charge in [0.25, 0.3) is 0 Å². The van der Waals surface area contributed by atoms with E-state index in [2.05, 4.69) is 58.1 Å². The third-order valence-corrected chi connectivity index (χ3v) is 8.12. The summed E-state index contributed by atoms with van der Waals surface area (Å²) in [5.74, 6) is 1.47. The quantitative estimate of drug-likeness (QED) is 0.449. The van der Waals surface area contributed by atoms with E-state index in [1.165, 1.54) is 16.8 Å². The van der Waals surface area contributed by atoms with Gasteiger partial charge in [-0.1, -0.05) is 13.0 Å².